The molecule has 2 aromatic heterocycles. The highest BCUT2D eigenvalue weighted by molar-refractivity contribution is 6.34. The molecule has 3 aromatic rings. The van der Waals surface area contributed by atoms with Gasteiger partial charge in [-0.2, -0.15) is 5.10 Å². The maximum Gasteiger partial charge on any atom is 0.330 e. The van der Waals surface area contributed by atoms with Crippen LogP contribution in [0.3, 0.4) is 0 Å². The quantitative estimate of drug-likeness (QED) is 0.398. The summed E-state index contributed by atoms with van der Waals surface area (Å²) in [7, 11) is 2.95. The number of carbonyl (C=O) groups is 1. The second kappa shape index (κ2) is 7.36. The first-order chi connectivity index (χ1) is 12.1. The predicted molar refractivity (Wildman–Crippen MR) is 95.7 cm³/mol. The van der Waals surface area contributed by atoms with Crippen LogP contribution >= 0.6 is 11.6 Å². The maximum absolute atomic E-state index is 11.4. The van der Waals surface area contributed by atoms with Crippen LogP contribution in [0.2, 0.25) is 5.15 Å². The van der Waals surface area contributed by atoms with Crippen molar-refractivity contribution >= 4 is 34.5 Å². The zero-order chi connectivity index (χ0) is 17.8. The minimum atomic E-state index is -0.460. The van der Waals surface area contributed by atoms with Gasteiger partial charge in [-0.1, -0.05) is 23.7 Å². The molecule has 0 bridgehead atoms. The van der Waals surface area contributed by atoms with Crippen molar-refractivity contribution in [2.45, 2.75) is 6.54 Å². The summed E-state index contributed by atoms with van der Waals surface area (Å²) in [6, 6.07) is 9.58. The Morgan fingerprint density at radius 2 is 2.00 bits per heavy atom. The second-order valence-electron chi connectivity index (χ2n) is 5.24. The lowest BCUT2D eigenvalue weighted by atomic mass is 10.2. The minimum absolute atomic E-state index is 0.336. The number of aromatic nitrogens is 3. The predicted octanol–water partition coefficient (Wildman–Crippen LogP) is 3.33. The average Bonchev–Trinajstić information content (AvgIpc) is 2.99. The first-order valence-electron chi connectivity index (χ1n) is 7.52. The summed E-state index contributed by atoms with van der Waals surface area (Å²) in [5.74, 6) is 0.334. The molecule has 0 radical (unpaired) electrons. The van der Waals surface area contributed by atoms with Crippen molar-refractivity contribution < 1.29 is 14.3 Å². The van der Waals surface area contributed by atoms with Crippen molar-refractivity contribution in [2.24, 2.45) is 0 Å². The molecule has 7 heteroatoms. The van der Waals surface area contributed by atoms with Gasteiger partial charge in [-0.25, -0.2) is 9.78 Å². The minimum Gasteiger partial charge on any atom is -0.497 e. The van der Waals surface area contributed by atoms with Crippen LogP contribution < -0.4 is 4.74 Å². The van der Waals surface area contributed by atoms with Gasteiger partial charge in [0.1, 0.15) is 10.9 Å². The van der Waals surface area contributed by atoms with Gasteiger partial charge in [0, 0.05) is 12.3 Å². The zero-order valence-electron chi connectivity index (χ0n) is 13.8. The van der Waals surface area contributed by atoms with Crippen molar-refractivity contribution in [2.75, 3.05) is 14.2 Å². The van der Waals surface area contributed by atoms with Gasteiger partial charge >= 0.3 is 5.97 Å². The van der Waals surface area contributed by atoms with Gasteiger partial charge in [-0.3, -0.25) is 4.68 Å². The van der Waals surface area contributed by atoms with Gasteiger partial charge in [-0.05, 0) is 29.8 Å². The standard InChI is InChI=1S/C18H16ClN3O3/c1-24-13-5-3-12(4-6-13)11-22-15-9-10-20-18(19)17(15)14(21-22)7-8-16(23)25-2/h3-10H,11H2,1-2H3. The number of fused-ring (bicyclic) bond motifs is 1. The SMILES string of the molecule is COC(=O)C=Cc1nn(Cc2ccc(OC)cc2)c2ccnc(Cl)c12. The molecule has 25 heavy (non-hydrogen) atoms. The van der Waals surface area contributed by atoms with Gasteiger partial charge in [0.2, 0.25) is 0 Å². The molecule has 1 aromatic carbocycles. The number of esters is 1. The van der Waals surface area contributed by atoms with Crippen LogP contribution in [0.4, 0.5) is 0 Å². The van der Waals surface area contributed by atoms with E-state index >= 15 is 0 Å². The molecule has 2 heterocycles. The molecule has 0 saturated carbocycles. The number of rotatable bonds is 5. The van der Waals surface area contributed by atoms with E-state index in [1.54, 1.807) is 19.4 Å². The third-order valence-electron chi connectivity index (χ3n) is 3.72. The third-order valence-corrected chi connectivity index (χ3v) is 4.00. The van der Waals surface area contributed by atoms with Crippen LogP contribution in [0, 0.1) is 0 Å². The molecule has 0 saturated heterocycles. The number of methoxy groups -OCH3 is 2. The first-order valence-corrected chi connectivity index (χ1v) is 7.90. The summed E-state index contributed by atoms with van der Waals surface area (Å²) in [4.78, 5) is 15.5. The Bertz CT molecular complexity index is 933. The van der Waals surface area contributed by atoms with Gasteiger partial charge in [0.05, 0.1) is 37.4 Å². The molecule has 6 nitrogen and oxygen atoms in total. The summed E-state index contributed by atoms with van der Waals surface area (Å²) < 4.78 is 11.6. The van der Waals surface area contributed by atoms with Gasteiger partial charge < -0.3 is 9.47 Å². The number of benzene rings is 1. The molecule has 0 unspecified atom stereocenters. The highest BCUT2D eigenvalue weighted by Crippen LogP contribution is 2.26. The summed E-state index contributed by atoms with van der Waals surface area (Å²) in [6.45, 7) is 0.549. The fraction of sp³-hybridized carbons (Fsp3) is 0.167. The smallest absolute Gasteiger partial charge is 0.330 e. The molecule has 0 aliphatic carbocycles. The molecule has 0 aliphatic rings. The lowest BCUT2D eigenvalue weighted by Gasteiger charge is -2.05. The molecule has 128 valence electrons. The number of nitrogens with zero attached hydrogens (tertiary/aromatic N) is 3. The van der Waals surface area contributed by atoms with Crippen LogP contribution in [-0.4, -0.2) is 35.0 Å². The third kappa shape index (κ3) is 3.64. The number of ether oxygens (including phenoxy) is 2. The monoisotopic (exact) mass is 357 g/mol. The Labute approximate surface area is 149 Å². The van der Waals surface area contributed by atoms with Crippen LogP contribution in [0.25, 0.3) is 17.0 Å². The summed E-state index contributed by atoms with van der Waals surface area (Å²) in [5, 5.41) is 5.59. The molecule has 0 atom stereocenters. The first kappa shape index (κ1) is 17.0. The van der Waals surface area contributed by atoms with E-state index in [4.69, 9.17) is 16.3 Å². The van der Waals surface area contributed by atoms with Crippen molar-refractivity contribution in [3.05, 3.63) is 59.0 Å². The van der Waals surface area contributed by atoms with Crippen molar-refractivity contribution in [1.29, 1.82) is 0 Å². The molecule has 0 aliphatic heterocycles. The van der Waals surface area contributed by atoms with Crippen LogP contribution in [0.15, 0.2) is 42.6 Å². The summed E-state index contributed by atoms with van der Waals surface area (Å²) >= 11 is 6.24. The van der Waals surface area contributed by atoms with Crippen LogP contribution in [0.5, 0.6) is 5.75 Å². The van der Waals surface area contributed by atoms with E-state index in [2.05, 4.69) is 14.8 Å². The highest BCUT2D eigenvalue weighted by atomic mass is 35.5. The average molecular weight is 358 g/mol. The Morgan fingerprint density at radius 3 is 2.68 bits per heavy atom. The summed E-state index contributed by atoms with van der Waals surface area (Å²) in [6.07, 6.45) is 4.51. The number of halogens is 1. The molecular formula is C18H16ClN3O3. The second-order valence-corrected chi connectivity index (χ2v) is 5.60. The Morgan fingerprint density at radius 1 is 1.24 bits per heavy atom. The van der Waals surface area contributed by atoms with Crippen LogP contribution in [-0.2, 0) is 16.1 Å². The van der Waals surface area contributed by atoms with E-state index in [1.165, 1.54) is 13.2 Å². The maximum atomic E-state index is 11.4. The van der Waals surface area contributed by atoms with E-state index in [1.807, 2.05) is 35.0 Å². The molecule has 0 amide bonds. The van der Waals surface area contributed by atoms with Crippen molar-refractivity contribution in [3.63, 3.8) is 0 Å². The topological polar surface area (TPSA) is 66.2 Å². The highest BCUT2D eigenvalue weighted by Gasteiger charge is 2.13. The number of carbonyl (C=O) groups excluding carboxylic acids is 1. The summed E-state index contributed by atoms with van der Waals surface area (Å²) in [5.41, 5.74) is 2.45. The van der Waals surface area contributed by atoms with E-state index in [9.17, 15) is 4.79 Å². The lowest BCUT2D eigenvalue weighted by molar-refractivity contribution is -0.134. The van der Waals surface area contributed by atoms with Crippen molar-refractivity contribution in [3.8, 4) is 5.75 Å². The van der Waals surface area contributed by atoms with E-state index in [0.717, 1.165) is 16.8 Å². The van der Waals surface area contributed by atoms with Gasteiger partial charge in [-0.15, -0.1) is 0 Å². The Kier molecular flexibility index (Phi) is 5.00. The molecule has 3 rings (SSSR count). The number of hydrogen-bond acceptors (Lipinski definition) is 5. The van der Waals surface area contributed by atoms with Gasteiger partial charge in [0.25, 0.3) is 0 Å². The molecule has 0 fully saturated rings. The number of pyridine rings is 1. The van der Waals surface area contributed by atoms with Crippen LogP contribution in [0.1, 0.15) is 11.3 Å². The number of hydrogen-bond donors (Lipinski definition) is 0. The van der Waals surface area contributed by atoms with Crippen molar-refractivity contribution in [1.82, 2.24) is 14.8 Å². The van der Waals surface area contributed by atoms with E-state index in [0.29, 0.717) is 22.8 Å². The van der Waals surface area contributed by atoms with E-state index < -0.39 is 5.97 Å². The molecular weight excluding hydrogens is 342 g/mol. The molecule has 0 spiro atoms. The fourth-order valence-electron chi connectivity index (χ4n) is 2.47. The largest absolute Gasteiger partial charge is 0.497 e. The molecule has 0 N–H and O–H groups in total. The Balaban J connectivity index is 2.01. The fourth-order valence-corrected chi connectivity index (χ4v) is 2.72. The lowest BCUT2D eigenvalue weighted by Crippen LogP contribution is -2.02. The van der Waals surface area contributed by atoms with E-state index in [-0.39, 0.29) is 0 Å². The van der Waals surface area contributed by atoms with Gasteiger partial charge in [0.15, 0.2) is 0 Å². The Hall–Kier alpha value is -2.86. The zero-order valence-corrected chi connectivity index (χ0v) is 14.5. The normalized spacial score (nSPS) is 11.2.